The highest BCUT2D eigenvalue weighted by Gasteiger charge is 2.30. The van der Waals surface area contributed by atoms with Crippen molar-refractivity contribution in [2.45, 2.75) is 414 Å². The van der Waals surface area contributed by atoms with Crippen molar-refractivity contribution >= 4 is 39.5 Å². The van der Waals surface area contributed by atoms with Gasteiger partial charge in [-0.1, -0.05) is 342 Å². The second kappa shape index (κ2) is 70.8. The van der Waals surface area contributed by atoms with Gasteiger partial charge >= 0.3 is 39.5 Å². The SMILES string of the molecule is CCCCCC/C=C\C=C/CCCCCCCC(=O)O[C@H](COC(=O)CCCCCCCCCCCCCCCCCCC(C)C)COP(=O)(O)OC[C@@H](O)COP(=O)(O)OC[C@@H](COC(=O)CCCCCCCCC(C)CC)OC(=O)CCCCCCCCCCCCCCCC(C)C. The maximum absolute atomic E-state index is 13.1. The Balaban J connectivity index is 5.27. The van der Waals surface area contributed by atoms with Crippen molar-refractivity contribution in [1.29, 1.82) is 0 Å². The van der Waals surface area contributed by atoms with Crippen LogP contribution >= 0.6 is 15.6 Å². The van der Waals surface area contributed by atoms with E-state index in [4.69, 9.17) is 37.0 Å². The molecule has 0 aliphatic rings. The summed E-state index contributed by atoms with van der Waals surface area (Å²) in [5.41, 5.74) is 0. The van der Waals surface area contributed by atoms with E-state index >= 15 is 0 Å². The molecule has 0 aliphatic carbocycles. The Morgan fingerprint density at radius 3 is 0.890 bits per heavy atom. The minimum atomic E-state index is -4.97. The van der Waals surface area contributed by atoms with E-state index in [1.165, 1.54) is 186 Å². The van der Waals surface area contributed by atoms with Gasteiger partial charge < -0.3 is 33.8 Å². The quantitative estimate of drug-likeness (QED) is 0.0169. The van der Waals surface area contributed by atoms with Gasteiger partial charge in [-0.15, -0.1) is 0 Å². The Morgan fingerprint density at radius 2 is 0.590 bits per heavy atom. The first-order valence-electron chi connectivity index (χ1n) is 41.2. The molecule has 0 heterocycles. The zero-order chi connectivity index (χ0) is 73.7. The molecule has 0 bridgehead atoms. The second-order valence-electron chi connectivity index (χ2n) is 29.7. The largest absolute Gasteiger partial charge is 0.472 e. The third kappa shape index (κ3) is 72.5. The van der Waals surface area contributed by atoms with Gasteiger partial charge in [0.15, 0.2) is 12.2 Å². The van der Waals surface area contributed by atoms with Crippen molar-refractivity contribution in [3.63, 3.8) is 0 Å². The number of carbonyl (C=O) groups excluding carboxylic acids is 4. The number of unbranched alkanes of at least 4 members (excludes halogenated alkanes) is 41. The lowest BCUT2D eigenvalue weighted by molar-refractivity contribution is -0.161. The summed E-state index contributed by atoms with van der Waals surface area (Å²) in [5.74, 6) is 0.182. The van der Waals surface area contributed by atoms with Gasteiger partial charge in [0.1, 0.15) is 19.3 Å². The average Bonchev–Trinajstić information content (AvgIpc) is 1.37. The lowest BCUT2D eigenvalue weighted by Crippen LogP contribution is -2.30. The first kappa shape index (κ1) is 97.5. The van der Waals surface area contributed by atoms with Crippen molar-refractivity contribution in [1.82, 2.24) is 0 Å². The highest BCUT2D eigenvalue weighted by Crippen LogP contribution is 2.45. The summed E-state index contributed by atoms with van der Waals surface area (Å²) in [6.07, 6.45) is 61.9. The number of hydrogen-bond acceptors (Lipinski definition) is 15. The summed E-state index contributed by atoms with van der Waals surface area (Å²) in [6, 6.07) is 0. The van der Waals surface area contributed by atoms with Crippen LogP contribution in [0.25, 0.3) is 0 Å². The number of allylic oxidation sites excluding steroid dienone is 4. The number of phosphoric ester groups is 2. The third-order valence-electron chi connectivity index (χ3n) is 18.6. The number of hydrogen-bond donors (Lipinski definition) is 3. The van der Waals surface area contributed by atoms with Crippen molar-refractivity contribution in [3.05, 3.63) is 24.3 Å². The Kier molecular flexibility index (Phi) is 69.1. The zero-order valence-corrected chi connectivity index (χ0v) is 66.9. The van der Waals surface area contributed by atoms with E-state index in [0.717, 1.165) is 127 Å². The van der Waals surface area contributed by atoms with Gasteiger partial charge in [-0.3, -0.25) is 37.3 Å². The van der Waals surface area contributed by atoms with Crippen LogP contribution in [0.5, 0.6) is 0 Å². The number of rotatable bonds is 77. The van der Waals surface area contributed by atoms with Gasteiger partial charge in [0.25, 0.3) is 0 Å². The molecule has 6 atom stereocenters. The average molecular weight is 1460 g/mol. The fourth-order valence-electron chi connectivity index (χ4n) is 11.9. The van der Waals surface area contributed by atoms with Crippen molar-refractivity contribution < 1.29 is 80.2 Å². The van der Waals surface area contributed by atoms with Crippen molar-refractivity contribution in [2.75, 3.05) is 39.6 Å². The predicted octanol–water partition coefficient (Wildman–Crippen LogP) is 23.7. The smallest absolute Gasteiger partial charge is 0.462 e. The monoisotopic (exact) mass is 1460 g/mol. The molecular weight excluding hydrogens is 1310 g/mol. The molecule has 100 heavy (non-hydrogen) atoms. The van der Waals surface area contributed by atoms with Crippen LogP contribution in [-0.2, 0) is 65.4 Å². The summed E-state index contributed by atoms with van der Waals surface area (Å²) in [6.45, 7) is 11.9. The molecule has 0 saturated carbocycles. The van der Waals surface area contributed by atoms with Gasteiger partial charge in [0.05, 0.1) is 26.4 Å². The summed E-state index contributed by atoms with van der Waals surface area (Å²) in [7, 11) is -9.93. The van der Waals surface area contributed by atoms with E-state index in [0.29, 0.717) is 25.7 Å². The summed E-state index contributed by atoms with van der Waals surface area (Å²) in [5, 5.41) is 10.6. The maximum Gasteiger partial charge on any atom is 0.472 e. The molecule has 19 heteroatoms. The Labute approximate surface area is 612 Å². The fraction of sp³-hybridized carbons (Fsp3) is 0.901. The molecule has 0 rings (SSSR count). The Bertz CT molecular complexity index is 2040. The third-order valence-corrected chi connectivity index (χ3v) is 20.5. The van der Waals surface area contributed by atoms with E-state index in [1.54, 1.807) is 0 Å². The summed E-state index contributed by atoms with van der Waals surface area (Å²) < 4.78 is 68.7. The number of aliphatic hydroxyl groups is 1. The molecule has 0 radical (unpaired) electrons. The number of esters is 4. The van der Waals surface area contributed by atoms with Crippen molar-refractivity contribution in [3.8, 4) is 0 Å². The van der Waals surface area contributed by atoms with Crippen LogP contribution in [0.15, 0.2) is 24.3 Å². The highest BCUT2D eigenvalue weighted by atomic mass is 31.2. The van der Waals surface area contributed by atoms with Gasteiger partial charge in [-0.05, 0) is 69.1 Å². The van der Waals surface area contributed by atoms with E-state index in [-0.39, 0.29) is 25.7 Å². The molecule has 0 aliphatic heterocycles. The van der Waals surface area contributed by atoms with Gasteiger partial charge in [0.2, 0.25) is 0 Å². The zero-order valence-electron chi connectivity index (χ0n) is 65.2. The Hall–Kier alpha value is -2.46. The fourth-order valence-corrected chi connectivity index (χ4v) is 13.5. The maximum atomic E-state index is 13.1. The first-order valence-corrected chi connectivity index (χ1v) is 44.2. The first-order chi connectivity index (χ1) is 48.3. The molecule has 17 nitrogen and oxygen atoms in total. The molecule has 590 valence electrons. The normalized spacial score (nSPS) is 14.4. The van der Waals surface area contributed by atoms with E-state index in [2.05, 4.69) is 72.8 Å². The minimum Gasteiger partial charge on any atom is -0.462 e. The molecule has 0 aromatic carbocycles. The summed E-state index contributed by atoms with van der Waals surface area (Å²) >= 11 is 0. The topological polar surface area (TPSA) is 237 Å². The van der Waals surface area contributed by atoms with Crippen LogP contribution in [0.2, 0.25) is 0 Å². The van der Waals surface area contributed by atoms with Crippen LogP contribution in [0.1, 0.15) is 395 Å². The molecule has 0 aromatic rings. The van der Waals surface area contributed by atoms with Gasteiger partial charge in [0, 0.05) is 25.7 Å². The van der Waals surface area contributed by atoms with Crippen LogP contribution in [0.3, 0.4) is 0 Å². The van der Waals surface area contributed by atoms with Crippen LogP contribution < -0.4 is 0 Å². The lowest BCUT2D eigenvalue weighted by Gasteiger charge is -2.21. The number of phosphoric acid groups is 2. The molecule has 0 amide bonds. The summed E-state index contributed by atoms with van der Waals surface area (Å²) in [4.78, 5) is 73.0. The molecule has 3 unspecified atom stereocenters. The van der Waals surface area contributed by atoms with E-state index < -0.39 is 97.5 Å². The number of aliphatic hydroxyl groups excluding tert-OH is 1. The number of ether oxygens (including phenoxy) is 4. The van der Waals surface area contributed by atoms with E-state index in [1.807, 2.05) is 0 Å². The van der Waals surface area contributed by atoms with Crippen LogP contribution in [0.4, 0.5) is 0 Å². The van der Waals surface area contributed by atoms with E-state index in [9.17, 15) is 43.2 Å². The van der Waals surface area contributed by atoms with Gasteiger partial charge in [-0.2, -0.15) is 0 Å². The minimum absolute atomic E-state index is 0.0851. The second-order valence-corrected chi connectivity index (χ2v) is 32.6. The Morgan fingerprint density at radius 1 is 0.330 bits per heavy atom. The lowest BCUT2D eigenvalue weighted by atomic mass is 10.00. The van der Waals surface area contributed by atoms with Crippen molar-refractivity contribution in [2.24, 2.45) is 17.8 Å². The van der Waals surface area contributed by atoms with Crippen LogP contribution in [-0.4, -0.2) is 96.7 Å². The number of carbonyl (C=O) groups is 4. The molecule has 0 fully saturated rings. The highest BCUT2D eigenvalue weighted by molar-refractivity contribution is 7.47. The van der Waals surface area contributed by atoms with Gasteiger partial charge in [-0.25, -0.2) is 9.13 Å². The molecule has 0 spiro atoms. The van der Waals surface area contributed by atoms with Crippen LogP contribution in [0, 0.1) is 17.8 Å². The molecule has 0 aromatic heterocycles. The predicted molar refractivity (Wildman–Crippen MR) is 409 cm³/mol. The molecule has 3 N–H and O–H groups in total. The molecule has 0 saturated heterocycles. The molecular formula is C81H154O17P2. The standard InChI is InChI=1S/C81H154O17P2/c1-8-10-11-12-13-14-15-16-19-26-31-36-41-50-57-64-80(85)97-76(68-91-78(83)62-55-48-40-35-30-25-21-18-17-20-23-28-33-38-45-52-59-72(3)4)70-95-99(87,88)93-66-75(82)67-94-100(89,90)96-71-77(69-92-79(84)63-56-49-44-43-47-54-61-74(7)9-2)98-81(86)65-58-51-42-37-32-27-22-24-29-34-39-46-53-60-73(5)6/h14-16,19,72-77,82H,8-13,17-18,20-71H2,1-7H3,(H,87,88)(H,89,90)/b15-14-,19-16-/t74?,75-,76-,77-/m1/s1.